The summed E-state index contributed by atoms with van der Waals surface area (Å²) in [6.45, 7) is -0.0373. The second-order valence-electron chi connectivity index (χ2n) is 4.22. The van der Waals surface area contributed by atoms with Crippen LogP contribution < -0.4 is 5.32 Å². The molecular weight excluding hydrogens is 275 g/mol. The molecule has 0 aliphatic carbocycles. The van der Waals surface area contributed by atoms with E-state index >= 15 is 0 Å². The van der Waals surface area contributed by atoms with Crippen LogP contribution in [-0.4, -0.2) is 24.0 Å². The summed E-state index contributed by atoms with van der Waals surface area (Å²) in [5, 5.41) is 2.57. The molecule has 2 aromatic rings. The molecule has 1 aromatic heterocycles. The molecular formula is C15H13FN2O3. The maximum absolute atomic E-state index is 13.7. The summed E-state index contributed by atoms with van der Waals surface area (Å²) in [6, 6.07) is 7.08. The molecule has 1 N–H and O–H groups in total. The fourth-order valence-corrected chi connectivity index (χ4v) is 1.73. The van der Waals surface area contributed by atoms with Gasteiger partial charge in [0.15, 0.2) is 0 Å². The van der Waals surface area contributed by atoms with E-state index < -0.39 is 11.8 Å². The van der Waals surface area contributed by atoms with Crippen molar-refractivity contribution in [1.82, 2.24) is 10.3 Å². The van der Waals surface area contributed by atoms with Gasteiger partial charge in [-0.1, -0.05) is 0 Å². The summed E-state index contributed by atoms with van der Waals surface area (Å²) in [7, 11) is 1.25. The summed E-state index contributed by atoms with van der Waals surface area (Å²) in [4.78, 5) is 27.1. The standard InChI is InChI=1S/C15H13FN2O3/c1-21-15(20)10-4-5-13(16)12(7-10)9-18-14(19)11-3-2-6-17-8-11/h2-8H,9H2,1H3,(H,18,19). The van der Waals surface area contributed by atoms with E-state index in [-0.39, 0.29) is 23.6 Å². The second-order valence-corrected chi connectivity index (χ2v) is 4.22. The van der Waals surface area contributed by atoms with Crippen LogP contribution in [0.25, 0.3) is 0 Å². The SMILES string of the molecule is COC(=O)c1ccc(F)c(CNC(=O)c2cccnc2)c1. The summed E-state index contributed by atoms with van der Waals surface area (Å²) in [5.41, 5.74) is 0.807. The van der Waals surface area contributed by atoms with Gasteiger partial charge < -0.3 is 10.1 Å². The Labute approximate surface area is 120 Å². The number of rotatable bonds is 4. The fourth-order valence-electron chi connectivity index (χ4n) is 1.73. The molecule has 0 aliphatic rings. The molecule has 0 saturated carbocycles. The van der Waals surface area contributed by atoms with Crippen LogP contribution in [0.4, 0.5) is 4.39 Å². The molecule has 0 unspecified atom stereocenters. The lowest BCUT2D eigenvalue weighted by atomic mass is 10.1. The van der Waals surface area contributed by atoms with Crippen molar-refractivity contribution in [1.29, 1.82) is 0 Å². The molecule has 1 heterocycles. The monoisotopic (exact) mass is 288 g/mol. The van der Waals surface area contributed by atoms with Crippen molar-refractivity contribution in [3.63, 3.8) is 0 Å². The van der Waals surface area contributed by atoms with Crippen molar-refractivity contribution in [3.8, 4) is 0 Å². The van der Waals surface area contributed by atoms with E-state index in [9.17, 15) is 14.0 Å². The lowest BCUT2D eigenvalue weighted by Gasteiger charge is -2.08. The molecule has 0 fully saturated rings. The number of hydrogen-bond donors (Lipinski definition) is 1. The molecule has 1 amide bonds. The lowest BCUT2D eigenvalue weighted by molar-refractivity contribution is 0.0600. The van der Waals surface area contributed by atoms with E-state index in [0.717, 1.165) is 6.07 Å². The normalized spacial score (nSPS) is 10.0. The highest BCUT2D eigenvalue weighted by Crippen LogP contribution is 2.12. The minimum Gasteiger partial charge on any atom is -0.465 e. The molecule has 2 rings (SSSR count). The highest BCUT2D eigenvalue weighted by Gasteiger charge is 2.11. The smallest absolute Gasteiger partial charge is 0.337 e. The molecule has 108 valence electrons. The summed E-state index contributed by atoms with van der Waals surface area (Å²) < 4.78 is 18.2. The van der Waals surface area contributed by atoms with E-state index in [0.29, 0.717) is 5.56 Å². The van der Waals surface area contributed by atoms with Crippen molar-refractivity contribution in [3.05, 3.63) is 65.2 Å². The maximum atomic E-state index is 13.7. The average Bonchev–Trinajstić information content (AvgIpc) is 2.53. The first-order chi connectivity index (χ1) is 10.1. The van der Waals surface area contributed by atoms with Crippen LogP contribution >= 0.6 is 0 Å². The van der Waals surface area contributed by atoms with Gasteiger partial charge in [0, 0.05) is 24.5 Å². The summed E-state index contributed by atoms with van der Waals surface area (Å²) in [5.74, 6) is -1.44. The number of hydrogen-bond acceptors (Lipinski definition) is 4. The zero-order valence-corrected chi connectivity index (χ0v) is 11.3. The van der Waals surface area contributed by atoms with Gasteiger partial charge in [-0.3, -0.25) is 9.78 Å². The number of esters is 1. The van der Waals surface area contributed by atoms with Crippen molar-refractivity contribution in [2.24, 2.45) is 0 Å². The molecule has 5 nitrogen and oxygen atoms in total. The number of halogens is 1. The van der Waals surface area contributed by atoms with Crippen molar-refractivity contribution in [2.75, 3.05) is 7.11 Å². The van der Waals surface area contributed by atoms with E-state index in [4.69, 9.17) is 0 Å². The molecule has 6 heteroatoms. The number of methoxy groups -OCH3 is 1. The molecule has 1 aromatic carbocycles. The highest BCUT2D eigenvalue weighted by atomic mass is 19.1. The molecule has 0 radical (unpaired) electrons. The minimum atomic E-state index is -0.560. The Balaban J connectivity index is 2.09. The van der Waals surface area contributed by atoms with Gasteiger partial charge in [0.05, 0.1) is 18.2 Å². The van der Waals surface area contributed by atoms with Crippen LogP contribution in [0, 0.1) is 5.82 Å². The molecule has 0 spiro atoms. The van der Waals surface area contributed by atoms with Crippen LogP contribution in [0.3, 0.4) is 0 Å². The number of nitrogens with one attached hydrogen (secondary N) is 1. The molecule has 0 atom stereocenters. The number of aromatic nitrogens is 1. The fraction of sp³-hybridized carbons (Fsp3) is 0.133. The van der Waals surface area contributed by atoms with Crippen molar-refractivity contribution in [2.45, 2.75) is 6.54 Å². The van der Waals surface area contributed by atoms with Gasteiger partial charge in [0.2, 0.25) is 0 Å². The predicted octanol–water partition coefficient (Wildman–Crippen LogP) is 1.94. The minimum absolute atomic E-state index is 0.0373. The number of carbonyl (C=O) groups is 2. The number of amides is 1. The second kappa shape index (κ2) is 6.60. The van der Waals surface area contributed by atoms with E-state index in [1.54, 1.807) is 18.3 Å². The van der Waals surface area contributed by atoms with Gasteiger partial charge in [-0.25, -0.2) is 9.18 Å². The number of carbonyl (C=O) groups excluding carboxylic acids is 2. The van der Waals surface area contributed by atoms with E-state index in [2.05, 4.69) is 15.0 Å². The van der Waals surface area contributed by atoms with Gasteiger partial charge >= 0.3 is 5.97 Å². The topological polar surface area (TPSA) is 68.3 Å². The Kier molecular flexibility index (Phi) is 4.61. The first-order valence-electron chi connectivity index (χ1n) is 6.17. The molecule has 0 saturated heterocycles. The third-order valence-electron chi connectivity index (χ3n) is 2.83. The van der Waals surface area contributed by atoms with Crippen LogP contribution in [-0.2, 0) is 11.3 Å². The summed E-state index contributed by atoms with van der Waals surface area (Å²) in [6.07, 6.45) is 2.97. The quantitative estimate of drug-likeness (QED) is 0.873. The Morgan fingerprint density at radius 2 is 2.10 bits per heavy atom. The predicted molar refractivity (Wildman–Crippen MR) is 73.1 cm³/mol. The first kappa shape index (κ1) is 14.6. The van der Waals surface area contributed by atoms with Crippen LogP contribution in [0.2, 0.25) is 0 Å². The van der Waals surface area contributed by atoms with Crippen LogP contribution in [0.1, 0.15) is 26.3 Å². The lowest BCUT2D eigenvalue weighted by Crippen LogP contribution is -2.23. The largest absolute Gasteiger partial charge is 0.465 e. The Morgan fingerprint density at radius 3 is 2.76 bits per heavy atom. The Hall–Kier alpha value is -2.76. The third-order valence-corrected chi connectivity index (χ3v) is 2.83. The summed E-state index contributed by atoms with van der Waals surface area (Å²) >= 11 is 0. The number of ether oxygens (including phenoxy) is 1. The maximum Gasteiger partial charge on any atom is 0.337 e. The van der Waals surface area contributed by atoms with Crippen molar-refractivity contribution >= 4 is 11.9 Å². The average molecular weight is 288 g/mol. The zero-order chi connectivity index (χ0) is 15.2. The number of benzene rings is 1. The molecule has 0 aliphatic heterocycles. The van der Waals surface area contributed by atoms with Gasteiger partial charge in [-0.2, -0.15) is 0 Å². The molecule has 0 bridgehead atoms. The molecule has 21 heavy (non-hydrogen) atoms. The third kappa shape index (κ3) is 3.62. The van der Waals surface area contributed by atoms with Gasteiger partial charge in [-0.15, -0.1) is 0 Å². The van der Waals surface area contributed by atoms with E-state index in [1.807, 2.05) is 0 Å². The zero-order valence-electron chi connectivity index (χ0n) is 11.3. The van der Waals surface area contributed by atoms with Gasteiger partial charge in [0.25, 0.3) is 5.91 Å². The van der Waals surface area contributed by atoms with Crippen LogP contribution in [0.5, 0.6) is 0 Å². The van der Waals surface area contributed by atoms with Gasteiger partial charge in [-0.05, 0) is 30.3 Å². The highest BCUT2D eigenvalue weighted by molar-refractivity contribution is 5.93. The number of nitrogens with zero attached hydrogens (tertiary/aromatic N) is 1. The van der Waals surface area contributed by atoms with E-state index in [1.165, 1.54) is 25.4 Å². The first-order valence-corrected chi connectivity index (χ1v) is 6.17. The van der Waals surface area contributed by atoms with Gasteiger partial charge in [0.1, 0.15) is 5.82 Å². The van der Waals surface area contributed by atoms with Crippen LogP contribution in [0.15, 0.2) is 42.7 Å². The Bertz CT molecular complexity index is 659. The number of pyridine rings is 1. The van der Waals surface area contributed by atoms with Crippen molar-refractivity contribution < 1.29 is 18.7 Å². The Morgan fingerprint density at radius 1 is 1.29 bits per heavy atom.